The number of hydrogen-bond acceptors (Lipinski definition) is 3. The summed E-state index contributed by atoms with van der Waals surface area (Å²) in [6.07, 6.45) is 6.44. The summed E-state index contributed by atoms with van der Waals surface area (Å²) in [6, 6.07) is 18.3. The van der Waals surface area contributed by atoms with Crippen LogP contribution in [0.25, 0.3) is 22.6 Å². The maximum atomic E-state index is 13.9. The van der Waals surface area contributed by atoms with E-state index < -0.39 is 0 Å². The number of piperidine rings is 1. The molecule has 0 bridgehead atoms. The van der Waals surface area contributed by atoms with Gasteiger partial charge in [0.15, 0.2) is 0 Å². The molecule has 0 unspecified atom stereocenters. The van der Waals surface area contributed by atoms with Crippen LogP contribution in [0.15, 0.2) is 54.6 Å². The zero-order chi connectivity index (χ0) is 22.8. The van der Waals surface area contributed by atoms with Crippen molar-refractivity contribution in [2.75, 3.05) is 20.1 Å². The highest BCUT2D eigenvalue weighted by Gasteiger charge is 2.31. The average Bonchev–Trinajstić information content (AvgIpc) is 2.87. The van der Waals surface area contributed by atoms with E-state index in [9.17, 15) is 9.59 Å². The number of pyridine rings is 1. The first-order valence-electron chi connectivity index (χ1n) is 11.8. The zero-order valence-electron chi connectivity index (χ0n) is 19.0. The summed E-state index contributed by atoms with van der Waals surface area (Å²) in [5, 5.41) is 3.67. The maximum Gasteiger partial charge on any atom is 0.254 e. The van der Waals surface area contributed by atoms with E-state index in [2.05, 4.69) is 23.5 Å². The van der Waals surface area contributed by atoms with E-state index in [1.165, 1.54) is 5.57 Å². The Morgan fingerprint density at radius 2 is 1.73 bits per heavy atom. The van der Waals surface area contributed by atoms with Crippen LogP contribution in [-0.4, -0.2) is 41.8 Å². The van der Waals surface area contributed by atoms with Gasteiger partial charge in [-0.05, 0) is 60.9 Å². The number of hydrogen-bond donors (Lipinski definition) is 1. The van der Waals surface area contributed by atoms with Crippen molar-refractivity contribution in [2.24, 2.45) is 5.92 Å². The molecule has 168 valence electrons. The van der Waals surface area contributed by atoms with E-state index in [0.29, 0.717) is 25.9 Å². The van der Waals surface area contributed by atoms with Crippen LogP contribution in [0.4, 0.5) is 0 Å². The Hall–Kier alpha value is -3.47. The predicted octanol–water partition coefficient (Wildman–Crippen LogP) is 4.71. The van der Waals surface area contributed by atoms with E-state index in [4.69, 9.17) is 4.98 Å². The molecule has 0 radical (unpaired) electrons. The Bertz CT molecular complexity index is 1220. The first-order valence-corrected chi connectivity index (χ1v) is 11.8. The summed E-state index contributed by atoms with van der Waals surface area (Å²) >= 11 is 0. The van der Waals surface area contributed by atoms with E-state index in [0.717, 1.165) is 52.5 Å². The van der Waals surface area contributed by atoms with Crippen molar-refractivity contribution in [3.05, 3.63) is 77.0 Å². The molecule has 1 aliphatic heterocycles. The number of benzene rings is 2. The number of nitrogens with zero attached hydrogens (tertiary/aromatic N) is 2. The number of allylic oxidation sites excluding steroid dienone is 1. The molecule has 1 fully saturated rings. The second-order valence-corrected chi connectivity index (χ2v) is 8.95. The maximum absolute atomic E-state index is 13.9. The summed E-state index contributed by atoms with van der Waals surface area (Å²) < 4.78 is 0. The van der Waals surface area contributed by atoms with Crippen LogP contribution in [0.1, 0.15) is 52.9 Å². The van der Waals surface area contributed by atoms with Gasteiger partial charge in [-0.2, -0.15) is 0 Å². The van der Waals surface area contributed by atoms with Gasteiger partial charge >= 0.3 is 0 Å². The van der Waals surface area contributed by atoms with Crippen molar-refractivity contribution in [2.45, 2.75) is 32.1 Å². The van der Waals surface area contributed by atoms with Crippen LogP contribution < -0.4 is 5.32 Å². The Morgan fingerprint density at radius 3 is 2.48 bits per heavy atom. The molecule has 5 rings (SSSR count). The number of amides is 2. The number of likely N-dealkylation sites (tertiary alicyclic amines) is 1. The van der Waals surface area contributed by atoms with Crippen molar-refractivity contribution in [3.63, 3.8) is 0 Å². The topological polar surface area (TPSA) is 62.3 Å². The van der Waals surface area contributed by atoms with E-state index >= 15 is 0 Å². The summed E-state index contributed by atoms with van der Waals surface area (Å²) in [5.41, 5.74) is 6.04. The minimum absolute atomic E-state index is 0.0115. The van der Waals surface area contributed by atoms with Gasteiger partial charge in [0, 0.05) is 31.4 Å². The molecule has 1 aliphatic carbocycles. The number of carbonyl (C=O) groups is 2. The van der Waals surface area contributed by atoms with Gasteiger partial charge in [0.2, 0.25) is 5.91 Å². The van der Waals surface area contributed by atoms with E-state index in [1.54, 1.807) is 7.05 Å². The first-order chi connectivity index (χ1) is 16.2. The number of para-hydroxylation sites is 1. The highest BCUT2D eigenvalue weighted by molar-refractivity contribution is 6.09. The van der Waals surface area contributed by atoms with Gasteiger partial charge in [-0.25, -0.2) is 4.98 Å². The lowest BCUT2D eigenvalue weighted by molar-refractivity contribution is -0.125. The second kappa shape index (κ2) is 9.18. The molecular weight excluding hydrogens is 410 g/mol. The number of rotatable bonds is 3. The third kappa shape index (κ3) is 4.15. The molecule has 0 atom stereocenters. The fraction of sp³-hybridized carbons (Fsp3) is 0.321. The van der Waals surface area contributed by atoms with Gasteiger partial charge in [-0.15, -0.1) is 0 Å². The first kappa shape index (κ1) is 21.4. The molecule has 33 heavy (non-hydrogen) atoms. The molecular formula is C28H29N3O2. The van der Waals surface area contributed by atoms with Gasteiger partial charge < -0.3 is 10.2 Å². The van der Waals surface area contributed by atoms with Gasteiger partial charge in [0.05, 0.1) is 16.8 Å². The standard InChI is InChI=1S/C28H29N3O2/c1-29-27(32)20-14-16-31(17-15-20)28(33)25-22-11-5-6-13-24(22)30-26-21(10-7-12-23(25)26)18-19-8-3-2-4-9-19/h2-6,8-9,11,13,18,20H,7,10,12,14-17H2,1H3,(H,29,32)/b21-18-. The summed E-state index contributed by atoms with van der Waals surface area (Å²) in [6.45, 7) is 1.21. The largest absolute Gasteiger partial charge is 0.359 e. The van der Waals surface area contributed by atoms with Crippen molar-refractivity contribution < 1.29 is 9.59 Å². The van der Waals surface area contributed by atoms with Gasteiger partial charge in [0.25, 0.3) is 5.91 Å². The molecule has 1 saturated heterocycles. The number of fused-ring (bicyclic) bond motifs is 2. The minimum Gasteiger partial charge on any atom is -0.359 e. The third-order valence-electron chi connectivity index (χ3n) is 6.92. The number of carbonyl (C=O) groups excluding carboxylic acids is 2. The van der Waals surface area contributed by atoms with Crippen molar-refractivity contribution >= 4 is 34.4 Å². The van der Waals surface area contributed by atoms with Crippen LogP contribution in [0.2, 0.25) is 0 Å². The Morgan fingerprint density at radius 1 is 1.00 bits per heavy atom. The van der Waals surface area contributed by atoms with Gasteiger partial charge in [-0.3, -0.25) is 9.59 Å². The van der Waals surface area contributed by atoms with Crippen LogP contribution in [0.3, 0.4) is 0 Å². The molecule has 5 nitrogen and oxygen atoms in total. The van der Waals surface area contributed by atoms with Crippen LogP contribution >= 0.6 is 0 Å². The monoisotopic (exact) mass is 439 g/mol. The summed E-state index contributed by atoms with van der Waals surface area (Å²) in [4.78, 5) is 32.9. The SMILES string of the molecule is CNC(=O)C1CCN(C(=O)c2c3c(nc4ccccc24)/C(=C\c2ccccc2)CCC3)CC1. The molecule has 5 heteroatoms. The number of nitrogens with one attached hydrogen (secondary N) is 1. The fourth-order valence-electron chi connectivity index (χ4n) is 5.18. The molecule has 3 aromatic rings. The molecule has 2 heterocycles. The van der Waals surface area contributed by atoms with Crippen LogP contribution in [-0.2, 0) is 11.2 Å². The highest BCUT2D eigenvalue weighted by Crippen LogP contribution is 2.37. The zero-order valence-corrected chi connectivity index (χ0v) is 19.0. The highest BCUT2D eigenvalue weighted by atomic mass is 16.2. The predicted molar refractivity (Wildman–Crippen MR) is 132 cm³/mol. The van der Waals surface area contributed by atoms with Crippen molar-refractivity contribution in [1.82, 2.24) is 15.2 Å². The average molecular weight is 440 g/mol. The quantitative estimate of drug-likeness (QED) is 0.643. The van der Waals surface area contributed by atoms with Crippen LogP contribution in [0, 0.1) is 5.92 Å². The van der Waals surface area contributed by atoms with Gasteiger partial charge in [0.1, 0.15) is 0 Å². The Kier molecular flexibility index (Phi) is 5.95. The number of aromatic nitrogens is 1. The van der Waals surface area contributed by atoms with Crippen molar-refractivity contribution in [3.8, 4) is 0 Å². The molecule has 1 N–H and O–H groups in total. The fourth-order valence-corrected chi connectivity index (χ4v) is 5.18. The lowest BCUT2D eigenvalue weighted by Crippen LogP contribution is -2.42. The van der Waals surface area contributed by atoms with E-state index in [-0.39, 0.29) is 17.7 Å². The lowest BCUT2D eigenvalue weighted by Gasteiger charge is -2.32. The smallest absolute Gasteiger partial charge is 0.254 e. The molecule has 0 spiro atoms. The lowest BCUT2D eigenvalue weighted by atomic mass is 9.85. The van der Waals surface area contributed by atoms with Crippen LogP contribution in [0.5, 0.6) is 0 Å². The minimum atomic E-state index is -0.0115. The third-order valence-corrected chi connectivity index (χ3v) is 6.92. The molecule has 1 aromatic heterocycles. The second-order valence-electron chi connectivity index (χ2n) is 8.95. The summed E-state index contributed by atoms with van der Waals surface area (Å²) in [5.74, 6) is 0.133. The Labute approximate surface area is 194 Å². The normalized spacial score (nSPS) is 17.7. The van der Waals surface area contributed by atoms with Crippen molar-refractivity contribution in [1.29, 1.82) is 0 Å². The van der Waals surface area contributed by atoms with Gasteiger partial charge in [-0.1, -0.05) is 48.5 Å². The molecule has 2 amide bonds. The Balaban J connectivity index is 1.56. The summed E-state index contributed by atoms with van der Waals surface area (Å²) in [7, 11) is 1.68. The molecule has 2 aromatic carbocycles. The molecule has 2 aliphatic rings. The molecule has 0 saturated carbocycles. The van der Waals surface area contributed by atoms with E-state index in [1.807, 2.05) is 47.4 Å².